The summed E-state index contributed by atoms with van der Waals surface area (Å²) in [5, 5.41) is 8.44. The normalized spacial score (nSPS) is 17.9. The average Bonchev–Trinajstić information content (AvgIpc) is 2.29. The first-order valence-electron chi connectivity index (χ1n) is 6.20. The van der Waals surface area contributed by atoms with Crippen LogP contribution in [0.3, 0.4) is 0 Å². The molecule has 1 fully saturated rings. The van der Waals surface area contributed by atoms with Gasteiger partial charge < -0.3 is 14.7 Å². The molecule has 1 rings (SSSR count). The van der Waals surface area contributed by atoms with Crippen LogP contribution in [0.4, 0.5) is 0 Å². The van der Waals surface area contributed by atoms with Crippen LogP contribution < -0.4 is 0 Å². The highest BCUT2D eigenvalue weighted by Gasteiger charge is 2.17. The van der Waals surface area contributed by atoms with E-state index >= 15 is 0 Å². The zero-order valence-corrected chi connectivity index (χ0v) is 10.2. The number of carbonyl (C=O) groups is 1. The van der Waals surface area contributed by atoms with Crippen LogP contribution in [0, 0.1) is 0 Å². The van der Waals surface area contributed by atoms with Crippen molar-refractivity contribution in [3.63, 3.8) is 0 Å². The number of hydrogen-bond donors (Lipinski definition) is 1. The lowest BCUT2D eigenvalue weighted by atomic mass is 9.94. The van der Waals surface area contributed by atoms with Crippen LogP contribution >= 0.6 is 0 Å². The molecule has 94 valence electrons. The van der Waals surface area contributed by atoms with E-state index in [0.29, 0.717) is 19.3 Å². The van der Waals surface area contributed by atoms with Crippen LogP contribution in [-0.2, 0) is 9.53 Å². The lowest BCUT2D eigenvalue weighted by molar-refractivity contribution is -0.138. The van der Waals surface area contributed by atoms with E-state index < -0.39 is 5.97 Å². The van der Waals surface area contributed by atoms with Crippen LogP contribution in [0.15, 0.2) is 0 Å². The third kappa shape index (κ3) is 5.47. The molecule has 0 aromatic heterocycles. The third-order valence-electron chi connectivity index (χ3n) is 3.25. The fourth-order valence-electron chi connectivity index (χ4n) is 2.17. The lowest BCUT2D eigenvalue weighted by Crippen LogP contribution is -2.35. The molecule has 0 heterocycles. The van der Waals surface area contributed by atoms with Crippen LogP contribution in [-0.4, -0.2) is 48.8 Å². The van der Waals surface area contributed by atoms with E-state index in [1.807, 2.05) is 0 Å². The molecule has 0 aromatic carbocycles. The largest absolute Gasteiger partial charge is 0.481 e. The number of rotatable bonds is 7. The number of carboxylic acid groups (broad SMARTS) is 1. The molecule has 1 N–H and O–H groups in total. The maximum Gasteiger partial charge on any atom is 0.305 e. The first kappa shape index (κ1) is 13.5. The Hall–Kier alpha value is -0.610. The van der Waals surface area contributed by atoms with Gasteiger partial charge >= 0.3 is 5.97 Å². The molecule has 0 aliphatic heterocycles. The van der Waals surface area contributed by atoms with Gasteiger partial charge in [0.15, 0.2) is 0 Å². The molecule has 0 saturated heterocycles. The Morgan fingerprint density at radius 3 is 2.62 bits per heavy atom. The van der Waals surface area contributed by atoms with Crippen molar-refractivity contribution in [3.8, 4) is 0 Å². The highest BCUT2D eigenvalue weighted by atomic mass is 16.5. The number of aliphatic carboxylic acids is 1. The second kappa shape index (κ2) is 7.63. The second-order valence-electron chi connectivity index (χ2n) is 4.53. The fourth-order valence-corrected chi connectivity index (χ4v) is 2.17. The van der Waals surface area contributed by atoms with Crippen molar-refractivity contribution < 1.29 is 14.6 Å². The Morgan fingerprint density at radius 2 is 2.00 bits per heavy atom. The van der Waals surface area contributed by atoms with Crippen molar-refractivity contribution >= 4 is 5.97 Å². The standard InChI is InChI=1S/C12H23NO3/c1-13(11-5-3-2-4-6-11)8-10-16-9-7-12(14)15/h11H,2-10H2,1H3,(H,14,15). The van der Waals surface area contributed by atoms with Crippen molar-refractivity contribution in [2.24, 2.45) is 0 Å². The molecule has 1 aliphatic carbocycles. The van der Waals surface area contributed by atoms with E-state index in [1.165, 1.54) is 32.1 Å². The summed E-state index contributed by atoms with van der Waals surface area (Å²) in [7, 11) is 2.14. The maximum atomic E-state index is 10.3. The van der Waals surface area contributed by atoms with E-state index in [9.17, 15) is 4.79 Å². The van der Waals surface area contributed by atoms with Crippen molar-refractivity contribution in [3.05, 3.63) is 0 Å². The number of likely N-dealkylation sites (N-methyl/N-ethyl adjacent to an activating group) is 1. The summed E-state index contributed by atoms with van der Waals surface area (Å²) < 4.78 is 5.28. The Labute approximate surface area is 97.6 Å². The highest BCUT2D eigenvalue weighted by Crippen LogP contribution is 2.21. The van der Waals surface area contributed by atoms with Gasteiger partial charge in [0.1, 0.15) is 0 Å². The summed E-state index contributed by atoms with van der Waals surface area (Å²) in [5.74, 6) is -0.791. The van der Waals surface area contributed by atoms with E-state index in [-0.39, 0.29) is 6.42 Å². The van der Waals surface area contributed by atoms with Gasteiger partial charge in [0.2, 0.25) is 0 Å². The van der Waals surface area contributed by atoms with Gasteiger partial charge in [-0.1, -0.05) is 19.3 Å². The number of hydrogen-bond acceptors (Lipinski definition) is 3. The molecule has 1 aliphatic rings. The minimum atomic E-state index is -0.791. The number of carboxylic acids is 1. The quantitative estimate of drug-likeness (QED) is 0.676. The summed E-state index contributed by atoms with van der Waals surface area (Å²) in [4.78, 5) is 12.6. The highest BCUT2D eigenvalue weighted by molar-refractivity contribution is 5.66. The Morgan fingerprint density at radius 1 is 1.31 bits per heavy atom. The third-order valence-corrected chi connectivity index (χ3v) is 3.25. The first-order valence-corrected chi connectivity index (χ1v) is 6.20. The molecule has 4 nitrogen and oxygen atoms in total. The summed E-state index contributed by atoms with van der Waals surface area (Å²) in [5.41, 5.74) is 0. The summed E-state index contributed by atoms with van der Waals surface area (Å²) in [6.07, 6.45) is 6.76. The maximum absolute atomic E-state index is 10.3. The SMILES string of the molecule is CN(CCOCCC(=O)O)C1CCCCC1. The van der Waals surface area contributed by atoms with Gasteiger partial charge in [0.05, 0.1) is 19.6 Å². The van der Waals surface area contributed by atoms with Crippen LogP contribution in [0.5, 0.6) is 0 Å². The summed E-state index contributed by atoms with van der Waals surface area (Å²) in [6.45, 7) is 1.87. The van der Waals surface area contributed by atoms with Gasteiger partial charge in [-0.3, -0.25) is 4.79 Å². The summed E-state index contributed by atoms with van der Waals surface area (Å²) >= 11 is 0. The van der Waals surface area contributed by atoms with Crippen molar-refractivity contribution in [2.75, 3.05) is 26.8 Å². The van der Waals surface area contributed by atoms with Gasteiger partial charge in [0, 0.05) is 12.6 Å². The van der Waals surface area contributed by atoms with Crippen molar-refractivity contribution in [2.45, 2.75) is 44.6 Å². The zero-order valence-electron chi connectivity index (χ0n) is 10.2. The minimum absolute atomic E-state index is 0.104. The topological polar surface area (TPSA) is 49.8 Å². The van der Waals surface area contributed by atoms with Gasteiger partial charge in [-0.05, 0) is 19.9 Å². The molecule has 0 unspecified atom stereocenters. The number of ether oxygens (including phenoxy) is 1. The molecule has 0 aromatic rings. The van der Waals surface area contributed by atoms with Gasteiger partial charge in [-0.25, -0.2) is 0 Å². The fraction of sp³-hybridized carbons (Fsp3) is 0.917. The molecular weight excluding hydrogens is 206 g/mol. The monoisotopic (exact) mass is 229 g/mol. The Bertz CT molecular complexity index is 202. The lowest BCUT2D eigenvalue weighted by Gasteiger charge is -2.30. The second-order valence-corrected chi connectivity index (χ2v) is 4.53. The van der Waals surface area contributed by atoms with Crippen LogP contribution in [0.2, 0.25) is 0 Å². The molecule has 4 heteroatoms. The van der Waals surface area contributed by atoms with Crippen LogP contribution in [0.1, 0.15) is 38.5 Å². The van der Waals surface area contributed by atoms with E-state index in [4.69, 9.17) is 9.84 Å². The molecule has 0 radical (unpaired) electrons. The first-order chi connectivity index (χ1) is 7.70. The van der Waals surface area contributed by atoms with E-state index in [1.54, 1.807) is 0 Å². The van der Waals surface area contributed by atoms with Crippen LogP contribution in [0.25, 0.3) is 0 Å². The molecule has 0 bridgehead atoms. The molecule has 0 amide bonds. The van der Waals surface area contributed by atoms with Crippen molar-refractivity contribution in [1.82, 2.24) is 4.90 Å². The van der Waals surface area contributed by atoms with E-state index in [0.717, 1.165) is 6.54 Å². The zero-order chi connectivity index (χ0) is 11.8. The Balaban J connectivity index is 2.00. The van der Waals surface area contributed by atoms with Gasteiger partial charge in [-0.2, -0.15) is 0 Å². The van der Waals surface area contributed by atoms with Gasteiger partial charge in [-0.15, -0.1) is 0 Å². The predicted octanol–water partition coefficient (Wildman–Crippen LogP) is 1.74. The van der Waals surface area contributed by atoms with E-state index in [2.05, 4.69) is 11.9 Å². The van der Waals surface area contributed by atoms with Crippen molar-refractivity contribution in [1.29, 1.82) is 0 Å². The summed E-state index contributed by atoms with van der Waals surface area (Å²) in [6, 6.07) is 0.705. The molecule has 16 heavy (non-hydrogen) atoms. The molecule has 0 atom stereocenters. The molecule has 1 saturated carbocycles. The smallest absolute Gasteiger partial charge is 0.305 e. The average molecular weight is 229 g/mol. The van der Waals surface area contributed by atoms with Gasteiger partial charge in [0.25, 0.3) is 0 Å². The Kier molecular flexibility index (Phi) is 6.42. The number of nitrogens with zero attached hydrogens (tertiary/aromatic N) is 1. The minimum Gasteiger partial charge on any atom is -0.481 e. The predicted molar refractivity (Wildman–Crippen MR) is 62.6 cm³/mol. The molecule has 0 spiro atoms. The molecular formula is C12H23NO3.